The lowest BCUT2D eigenvalue weighted by molar-refractivity contribution is -0.118. The van der Waals surface area contributed by atoms with E-state index in [1.54, 1.807) is 0 Å². The van der Waals surface area contributed by atoms with Gasteiger partial charge in [0.1, 0.15) is 5.82 Å². The van der Waals surface area contributed by atoms with Crippen LogP contribution in [0.1, 0.15) is 54.8 Å². The Bertz CT molecular complexity index is 1150. The third-order valence-corrected chi connectivity index (χ3v) is 6.70. The standard InChI is InChI=1S/C24H30ClN5O2S/c1-14(2)13-29-22(11-10-21(26)31)27-28-24(29)33-17(5)23(32)20-12-15(3)30(16(20)4)19-8-6-18(25)7-9-19/h6-9,12,14,17H,10-11,13H2,1-5H3,(H2,26,31)/t17-/m1/s1. The lowest BCUT2D eigenvalue weighted by Crippen LogP contribution is -2.18. The maximum atomic E-state index is 13.4. The summed E-state index contributed by atoms with van der Waals surface area (Å²) in [6.45, 7) is 10.7. The van der Waals surface area contributed by atoms with Gasteiger partial charge in [0.15, 0.2) is 10.9 Å². The molecule has 2 N–H and O–H groups in total. The van der Waals surface area contributed by atoms with Crippen LogP contribution < -0.4 is 5.73 Å². The fraction of sp³-hybridized carbons (Fsp3) is 0.417. The van der Waals surface area contributed by atoms with Crippen molar-refractivity contribution in [3.8, 4) is 5.69 Å². The van der Waals surface area contributed by atoms with Crippen molar-refractivity contribution in [1.82, 2.24) is 19.3 Å². The molecule has 0 saturated carbocycles. The van der Waals surface area contributed by atoms with E-state index in [-0.39, 0.29) is 23.4 Å². The summed E-state index contributed by atoms with van der Waals surface area (Å²) in [7, 11) is 0. The van der Waals surface area contributed by atoms with Crippen molar-refractivity contribution in [2.75, 3.05) is 0 Å². The van der Waals surface area contributed by atoms with E-state index in [1.807, 2.05) is 55.7 Å². The number of thioether (sulfide) groups is 1. The van der Waals surface area contributed by atoms with E-state index < -0.39 is 0 Å². The lowest BCUT2D eigenvalue weighted by atomic mass is 10.1. The van der Waals surface area contributed by atoms with Gasteiger partial charge in [0.25, 0.3) is 0 Å². The summed E-state index contributed by atoms with van der Waals surface area (Å²) in [5.41, 5.74) is 8.82. The minimum absolute atomic E-state index is 0.0334. The van der Waals surface area contributed by atoms with Crippen LogP contribution in [0.3, 0.4) is 0 Å². The summed E-state index contributed by atoms with van der Waals surface area (Å²) in [4.78, 5) is 24.6. The van der Waals surface area contributed by atoms with Crippen LogP contribution >= 0.6 is 23.4 Å². The number of hydrogen-bond donors (Lipinski definition) is 1. The molecule has 2 heterocycles. The highest BCUT2D eigenvalue weighted by molar-refractivity contribution is 8.00. The number of benzene rings is 1. The normalized spacial score (nSPS) is 12.3. The van der Waals surface area contributed by atoms with E-state index in [1.165, 1.54) is 11.8 Å². The molecule has 1 aromatic carbocycles. The average molecular weight is 488 g/mol. The van der Waals surface area contributed by atoms with Crippen LogP contribution in [-0.2, 0) is 17.8 Å². The van der Waals surface area contributed by atoms with Crippen molar-refractivity contribution < 1.29 is 9.59 Å². The molecule has 2 aromatic heterocycles. The number of carbonyl (C=O) groups excluding carboxylic acids is 2. The van der Waals surface area contributed by atoms with E-state index in [2.05, 4.69) is 28.6 Å². The first kappa shape index (κ1) is 25.1. The summed E-state index contributed by atoms with van der Waals surface area (Å²) in [5.74, 6) is 0.733. The van der Waals surface area contributed by atoms with Crippen molar-refractivity contribution >= 4 is 35.1 Å². The molecular formula is C24H30ClN5O2S. The average Bonchev–Trinajstić information content (AvgIpc) is 3.26. The Morgan fingerprint density at radius 1 is 1.12 bits per heavy atom. The number of aryl methyl sites for hydroxylation is 2. The molecule has 0 spiro atoms. The Morgan fingerprint density at radius 2 is 1.79 bits per heavy atom. The van der Waals surface area contributed by atoms with Gasteiger partial charge in [-0.15, -0.1) is 10.2 Å². The number of aromatic nitrogens is 4. The maximum absolute atomic E-state index is 13.4. The van der Waals surface area contributed by atoms with Crippen molar-refractivity contribution in [2.45, 2.75) is 64.4 Å². The molecule has 0 bridgehead atoms. The van der Waals surface area contributed by atoms with Crippen molar-refractivity contribution in [3.05, 3.63) is 58.1 Å². The van der Waals surface area contributed by atoms with Gasteiger partial charge >= 0.3 is 0 Å². The molecule has 1 amide bonds. The highest BCUT2D eigenvalue weighted by atomic mass is 35.5. The van der Waals surface area contributed by atoms with Crippen LogP contribution in [0, 0.1) is 19.8 Å². The molecule has 0 fully saturated rings. The molecule has 0 radical (unpaired) electrons. The quantitative estimate of drug-likeness (QED) is 0.328. The van der Waals surface area contributed by atoms with Gasteiger partial charge in [-0.25, -0.2) is 0 Å². The Balaban J connectivity index is 1.84. The lowest BCUT2D eigenvalue weighted by Gasteiger charge is -2.15. The van der Waals surface area contributed by atoms with Gasteiger partial charge in [0, 0.05) is 47.0 Å². The number of halogens is 1. The topological polar surface area (TPSA) is 95.8 Å². The zero-order valence-electron chi connectivity index (χ0n) is 19.6. The molecule has 7 nitrogen and oxygen atoms in total. The number of hydrogen-bond acceptors (Lipinski definition) is 5. The predicted molar refractivity (Wildman–Crippen MR) is 132 cm³/mol. The van der Waals surface area contributed by atoms with Crippen molar-refractivity contribution in [3.63, 3.8) is 0 Å². The second-order valence-corrected chi connectivity index (χ2v) is 10.3. The third-order valence-electron chi connectivity index (χ3n) is 5.37. The first-order chi connectivity index (χ1) is 15.6. The van der Waals surface area contributed by atoms with Crippen LogP contribution in [0.25, 0.3) is 5.69 Å². The fourth-order valence-corrected chi connectivity index (χ4v) is 4.88. The van der Waals surface area contributed by atoms with E-state index in [0.29, 0.717) is 40.5 Å². The van der Waals surface area contributed by atoms with Crippen LogP contribution in [0.15, 0.2) is 35.5 Å². The second-order valence-electron chi connectivity index (χ2n) is 8.59. The van der Waals surface area contributed by atoms with Crippen LogP contribution in [0.2, 0.25) is 5.02 Å². The molecule has 0 aliphatic heterocycles. The number of rotatable bonds is 10. The first-order valence-electron chi connectivity index (χ1n) is 10.9. The Hall–Kier alpha value is -2.58. The highest BCUT2D eigenvalue weighted by Crippen LogP contribution is 2.29. The van der Waals surface area contributed by atoms with E-state index >= 15 is 0 Å². The molecule has 3 rings (SSSR count). The van der Waals surface area contributed by atoms with Crippen LogP contribution in [0.4, 0.5) is 0 Å². The molecule has 33 heavy (non-hydrogen) atoms. The van der Waals surface area contributed by atoms with Crippen molar-refractivity contribution in [2.24, 2.45) is 11.7 Å². The van der Waals surface area contributed by atoms with E-state index in [9.17, 15) is 9.59 Å². The van der Waals surface area contributed by atoms with Crippen molar-refractivity contribution in [1.29, 1.82) is 0 Å². The zero-order chi connectivity index (χ0) is 24.3. The number of nitrogens with two attached hydrogens (primary N) is 1. The monoisotopic (exact) mass is 487 g/mol. The number of amides is 1. The SMILES string of the molecule is Cc1cc(C(=O)[C@@H](C)Sc2nnc(CCC(N)=O)n2CC(C)C)c(C)n1-c1ccc(Cl)cc1. The molecule has 9 heteroatoms. The third kappa shape index (κ3) is 5.86. The van der Waals surface area contributed by atoms with Gasteiger partial charge in [-0.1, -0.05) is 37.2 Å². The van der Waals surface area contributed by atoms with Gasteiger partial charge < -0.3 is 14.9 Å². The number of nitrogens with zero attached hydrogens (tertiary/aromatic N) is 4. The molecule has 3 aromatic rings. The van der Waals surface area contributed by atoms with Gasteiger partial charge in [0.2, 0.25) is 5.91 Å². The molecule has 0 saturated heterocycles. The molecule has 1 atom stereocenters. The second kappa shape index (κ2) is 10.6. The summed E-state index contributed by atoms with van der Waals surface area (Å²) in [6.07, 6.45) is 0.645. The molecule has 0 aliphatic rings. The number of primary amides is 1. The number of ketones is 1. The molecular weight excluding hydrogens is 458 g/mol. The smallest absolute Gasteiger partial charge is 0.217 e. The summed E-state index contributed by atoms with van der Waals surface area (Å²) in [5, 5.41) is 9.57. The predicted octanol–water partition coefficient (Wildman–Crippen LogP) is 4.78. The largest absolute Gasteiger partial charge is 0.370 e. The summed E-state index contributed by atoms with van der Waals surface area (Å²) in [6, 6.07) is 9.49. The minimum atomic E-state index is -0.372. The van der Waals surface area contributed by atoms with Crippen LogP contribution in [0.5, 0.6) is 0 Å². The summed E-state index contributed by atoms with van der Waals surface area (Å²) < 4.78 is 4.06. The van der Waals surface area contributed by atoms with E-state index in [4.69, 9.17) is 17.3 Å². The maximum Gasteiger partial charge on any atom is 0.217 e. The Morgan fingerprint density at radius 3 is 2.39 bits per heavy atom. The Kier molecular flexibility index (Phi) is 8.02. The van der Waals surface area contributed by atoms with E-state index in [0.717, 1.165) is 17.1 Å². The van der Waals surface area contributed by atoms with Gasteiger partial charge in [-0.2, -0.15) is 0 Å². The Labute approximate surface area is 203 Å². The zero-order valence-corrected chi connectivity index (χ0v) is 21.2. The summed E-state index contributed by atoms with van der Waals surface area (Å²) >= 11 is 7.42. The number of Topliss-reactive ketones (excluding diaryl/α,β-unsaturated/α-hetero) is 1. The highest BCUT2D eigenvalue weighted by Gasteiger charge is 2.25. The minimum Gasteiger partial charge on any atom is -0.370 e. The van der Waals surface area contributed by atoms with Gasteiger partial charge in [0.05, 0.1) is 5.25 Å². The number of carbonyl (C=O) groups is 2. The van der Waals surface area contributed by atoms with Gasteiger partial charge in [-0.3, -0.25) is 9.59 Å². The molecule has 0 unspecified atom stereocenters. The molecule has 0 aliphatic carbocycles. The van der Waals surface area contributed by atoms with Gasteiger partial charge in [-0.05, 0) is 57.0 Å². The molecule has 176 valence electrons. The first-order valence-corrected chi connectivity index (χ1v) is 12.2. The van der Waals surface area contributed by atoms with Crippen LogP contribution in [-0.4, -0.2) is 36.3 Å². The fourth-order valence-electron chi connectivity index (χ4n) is 3.80.